The van der Waals surface area contributed by atoms with Gasteiger partial charge in [0.05, 0.1) is 0 Å². The number of hydrogen-bond donors (Lipinski definition) is 1. The van der Waals surface area contributed by atoms with E-state index in [0.717, 1.165) is 23.5 Å². The maximum Gasteiger partial charge on any atom is 0.161 e. The van der Waals surface area contributed by atoms with Gasteiger partial charge < -0.3 is 15.2 Å². The van der Waals surface area contributed by atoms with Crippen molar-refractivity contribution >= 4 is 5.57 Å². The molecule has 1 aromatic carbocycles. The molecular weight excluding hydrogens is 202 g/mol. The first-order valence-electron chi connectivity index (χ1n) is 5.58. The molecule has 0 aromatic heterocycles. The first-order chi connectivity index (χ1) is 7.81. The van der Waals surface area contributed by atoms with Crippen LogP contribution in [0.2, 0.25) is 0 Å². The van der Waals surface area contributed by atoms with Gasteiger partial charge in [0.2, 0.25) is 0 Å². The van der Waals surface area contributed by atoms with Gasteiger partial charge in [0.1, 0.15) is 13.2 Å². The van der Waals surface area contributed by atoms with Gasteiger partial charge in [-0.3, -0.25) is 0 Å². The average molecular weight is 219 g/mol. The zero-order chi connectivity index (χ0) is 11.4. The van der Waals surface area contributed by atoms with E-state index in [0.29, 0.717) is 19.8 Å². The van der Waals surface area contributed by atoms with Gasteiger partial charge in [0, 0.05) is 0 Å². The fourth-order valence-electron chi connectivity index (χ4n) is 1.71. The maximum absolute atomic E-state index is 5.54. The van der Waals surface area contributed by atoms with Gasteiger partial charge in [0.25, 0.3) is 0 Å². The summed E-state index contributed by atoms with van der Waals surface area (Å²) < 4.78 is 11.0. The van der Waals surface area contributed by atoms with Crippen LogP contribution in [-0.4, -0.2) is 19.8 Å². The van der Waals surface area contributed by atoms with Crippen LogP contribution in [0.25, 0.3) is 5.57 Å². The molecule has 1 aromatic rings. The van der Waals surface area contributed by atoms with Crippen molar-refractivity contribution in [1.82, 2.24) is 0 Å². The van der Waals surface area contributed by atoms with Gasteiger partial charge in [0.15, 0.2) is 11.5 Å². The molecule has 1 aliphatic rings. The van der Waals surface area contributed by atoms with E-state index in [1.165, 1.54) is 5.57 Å². The maximum atomic E-state index is 5.54. The highest BCUT2D eigenvalue weighted by Crippen LogP contribution is 2.32. The highest BCUT2D eigenvalue weighted by molar-refractivity contribution is 5.66. The molecule has 1 heterocycles. The van der Waals surface area contributed by atoms with Crippen LogP contribution in [-0.2, 0) is 0 Å². The molecule has 86 valence electrons. The molecule has 0 radical (unpaired) electrons. The summed E-state index contributed by atoms with van der Waals surface area (Å²) in [4.78, 5) is 0. The molecule has 0 amide bonds. The Labute approximate surface area is 95.9 Å². The second kappa shape index (κ2) is 5.03. The minimum atomic E-state index is 0.627. The molecule has 0 spiro atoms. The lowest BCUT2D eigenvalue weighted by atomic mass is 10.1. The highest BCUT2D eigenvalue weighted by Gasteiger charge is 2.11. The van der Waals surface area contributed by atoms with Crippen LogP contribution >= 0.6 is 0 Å². The summed E-state index contributed by atoms with van der Waals surface area (Å²) >= 11 is 0. The lowest BCUT2D eigenvalue weighted by Crippen LogP contribution is -2.15. The zero-order valence-electron chi connectivity index (χ0n) is 9.53. The van der Waals surface area contributed by atoms with Gasteiger partial charge in [-0.25, -0.2) is 0 Å². The standard InChI is InChI=1S/C13H17NO2/c1-10(3-2-6-14)11-4-5-12-13(9-11)16-8-7-15-12/h3-5,9H,2,6-8,14H2,1H3/b10-3+. The number of rotatable bonds is 3. The third-order valence-corrected chi connectivity index (χ3v) is 2.61. The van der Waals surface area contributed by atoms with E-state index in [9.17, 15) is 0 Å². The molecule has 2 rings (SSSR count). The van der Waals surface area contributed by atoms with E-state index < -0.39 is 0 Å². The van der Waals surface area contributed by atoms with Crippen LogP contribution in [0.15, 0.2) is 24.3 Å². The van der Waals surface area contributed by atoms with Crippen molar-refractivity contribution in [2.24, 2.45) is 5.73 Å². The van der Waals surface area contributed by atoms with E-state index in [1.54, 1.807) is 0 Å². The topological polar surface area (TPSA) is 44.5 Å². The number of benzene rings is 1. The van der Waals surface area contributed by atoms with Crippen LogP contribution in [0.5, 0.6) is 11.5 Å². The Bertz CT molecular complexity index is 399. The minimum Gasteiger partial charge on any atom is -0.486 e. The first-order valence-corrected chi connectivity index (χ1v) is 5.58. The molecule has 3 nitrogen and oxygen atoms in total. The number of hydrogen-bond acceptors (Lipinski definition) is 3. The Morgan fingerprint density at radius 2 is 2.06 bits per heavy atom. The van der Waals surface area contributed by atoms with E-state index in [2.05, 4.69) is 19.1 Å². The summed E-state index contributed by atoms with van der Waals surface area (Å²) in [6, 6.07) is 6.04. The second-order valence-corrected chi connectivity index (χ2v) is 3.82. The largest absolute Gasteiger partial charge is 0.486 e. The Hall–Kier alpha value is -1.48. The van der Waals surface area contributed by atoms with Crippen LogP contribution in [0.1, 0.15) is 18.9 Å². The van der Waals surface area contributed by atoms with Gasteiger partial charge in [-0.1, -0.05) is 12.1 Å². The van der Waals surface area contributed by atoms with Crippen LogP contribution in [0.3, 0.4) is 0 Å². The fraction of sp³-hybridized carbons (Fsp3) is 0.385. The summed E-state index contributed by atoms with van der Waals surface area (Å²) in [7, 11) is 0. The van der Waals surface area contributed by atoms with Gasteiger partial charge in [-0.05, 0) is 43.2 Å². The molecule has 0 aliphatic carbocycles. The molecule has 0 bridgehead atoms. The Kier molecular flexibility index (Phi) is 3.47. The molecule has 2 N–H and O–H groups in total. The van der Waals surface area contributed by atoms with Gasteiger partial charge in [-0.15, -0.1) is 0 Å². The van der Waals surface area contributed by atoms with Crippen molar-refractivity contribution in [3.8, 4) is 11.5 Å². The zero-order valence-corrected chi connectivity index (χ0v) is 9.53. The predicted octanol–water partition coefficient (Wildman–Crippen LogP) is 2.21. The minimum absolute atomic E-state index is 0.627. The molecule has 0 saturated carbocycles. The summed E-state index contributed by atoms with van der Waals surface area (Å²) in [5.74, 6) is 1.67. The SMILES string of the molecule is C/C(=C\CCN)c1ccc2c(c1)OCCO2. The van der Waals surface area contributed by atoms with E-state index in [-0.39, 0.29) is 0 Å². The first kappa shape index (κ1) is 11.0. The number of allylic oxidation sites excluding steroid dienone is 1. The van der Waals surface area contributed by atoms with Gasteiger partial charge in [-0.2, -0.15) is 0 Å². The van der Waals surface area contributed by atoms with Crippen LogP contribution in [0.4, 0.5) is 0 Å². The molecule has 0 unspecified atom stereocenters. The summed E-state index contributed by atoms with van der Waals surface area (Å²) in [6.07, 6.45) is 3.05. The smallest absolute Gasteiger partial charge is 0.161 e. The van der Waals surface area contributed by atoms with Crippen molar-refractivity contribution in [3.63, 3.8) is 0 Å². The molecule has 1 aliphatic heterocycles. The third kappa shape index (κ3) is 2.36. The highest BCUT2D eigenvalue weighted by atomic mass is 16.6. The number of ether oxygens (including phenoxy) is 2. The summed E-state index contributed by atoms with van der Waals surface area (Å²) in [6.45, 7) is 4.03. The molecule has 0 fully saturated rings. The monoisotopic (exact) mass is 219 g/mol. The number of nitrogens with two attached hydrogens (primary N) is 1. The second-order valence-electron chi connectivity index (χ2n) is 3.82. The van der Waals surface area contributed by atoms with Crippen molar-refractivity contribution in [2.75, 3.05) is 19.8 Å². The lowest BCUT2D eigenvalue weighted by Gasteiger charge is -2.19. The van der Waals surface area contributed by atoms with Crippen LogP contribution < -0.4 is 15.2 Å². The molecule has 3 heteroatoms. The van der Waals surface area contributed by atoms with Crippen molar-refractivity contribution in [2.45, 2.75) is 13.3 Å². The molecular formula is C13H17NO2. The molecule has 0 atom stereocenters. The van der Waals surface area contributed by atoms with E-state index in [4.69, 9.17) is 15.2 Å². The van der Waals surface area contributed by atoms with Crippen LogP contribution in [0, 0.1) is 0 Å². The Morgan fingerprint density at radius 3 is 2.81 bits per heavy atom. The van der Waals surface area contributed by atoms with Crippen molar-refractivity contribution in [3.05, 3.63) is 29.8 Å². The third-order valence-electron chi connectivity index (χ3n) is 2.61. The summed E-state index contributed by atoms with van der Waals surface area (Å²) in [5.41, 5.74) is 7.87. The fourth-order valence-corrected chi connectivity index (χ4v) is 1.71. The van der Waals surface area contributed by atoms with Gasteiger partial charge >= 0.3 is 0 Å². The quantitative estimate of drug-likeness (QED) is 0.847. The summed E-state index contributed by atoms with van der Waals surface area (Å²) in [5, 5.41) is 0. The normalized spacial score (nSPS) is 15.0. The Balaban J connectivity index is 2.22. The molecule has 0 saturated heterocycles. The average Bonchev–Trinajstić information content (AvgIpc) is 2.35. The lowest BCUT2D eigenvalue weighted by molar-refractivity contribution is 0.171. The predicted molar refractivity (Wildman–Crippen MR) is 64.8 cm³/mol. The van der Waals surface area contributed by atoms with Crippen molar-refractivity contribution < 1.29 is 9.47 Å². The van der Waals surface area contributed by atoms with Crippen molar-refractivity contribution in [1.29, 1.82) is 0 Å². The molecule has 16 heavy (non-hydrogen) atoms. The van der Waals surface area contributed by atoms with E-state index in [1.807, 2.05) is 12.1 Å². The number of fused-ring (bicyclic) bond motifs is 1. The van der Waals surface area contributed by atoms with E-state index >= 15 is 0 Å². The Morgan fingerprint density at radius 1 is 1.31 bits per heavy atom.